The van der Waals surface area contributed by atoms with Gasteiger partial charge in [-0.2, -0.15) is 0 Å². The standard InChI is InChI=1S/C8H10ClNOS/c9-7-2-1-6(12-7)8(3-10)4-11-5-8/h1-2H,3-5,10H2. The van der Waals surface area contributed by atoms with Crippen LogP contribution in [0.25, 0.3) is 0 Å². The van der Waals surface area contributed by atoms with Crippen LogP contribution >= 0.6 is 22.9 Å². The minimum absolute atomic E-state index is 0.0673. The van der Waals surface area contributed by atoms with Gasteiger partial charge in [0.25, 0.3) is 0 Å². The fourth-order valence-corrected chi connectivity index (χ4v) is 2.52. The molecule has 0 bridgehead atoms. The third kappa shape index (κ3) is 1.17. The molecule has 1 aliphatic rings. The highest BCUT2D eigenvalue weighted by Gasteiger charge is 2.40. The van der Waals surface area contributed by atoms with Crippen LogP contribution in [0.4, 0.5) is 0 Å². The number of halogens is 1. The van der Waals surface area contributed by atoms with Gasteiger partial charge in [0.2, 0.25) is 0 Å². The highest BCUT2D eigenvalue weighted by molar-refractivity contribution is 7.16. The lowest BCUT2D eigenvalue weighted by molar-refractivity contribution is -0.0531. The van der Waals surface area contributed by atoms with Crippen molar-refractivity contribution in [3.63, 3.8) is 0 Å². The van der Waals surface area contributed by atoms with Crippen molar-refractivity contribution in [3.8, 4) is 0 Å². The maximum atomic E-state index is 5.84. The average Bonchev–Trinajstić information content (AvgIpc) is 2.35. The summed E-state index contributed by atoms with van der Waals surface area (Å²) in [5.41, 5.74) is 5.76. The second-order valence-corrected chi connectivity index (χ2v) is 4.80. The Morgan fingerprint density at radius 2 is 2.33 bits per heavy atom. The van der Waals surface area contributed by atoms with E-state index in [9.17, 15) is 0 Å². The van der Waals surface area contributed by atoms with Gasteiger partial charge in [-0.05, 0) is 12.1 Å². The quantitative estimate of drug-likeness (QED) is 0.793. The first-order valence-electron chi connectivity index (χ1n) is 3.80. The summed E-state index contributed by atoms with van der Waals surface area (Å²) in [5, 5.41) is 0. The fraction of sp³-hybridized carbons (Fsp3) is 0.500. The number of hydrogen-bond acceptors (Lipinski definition) is 3. The van der Waals surface area contributed by atoms with Crippen LogP contribution in [0.15, 0.2) is 12.1 Å². The Bertz CT molecular complexity index is 277. The first-order valence-corrected chi connectivity index (χ1v) is 5.00. The van der Waals surface area contributed by atoms with Crippen molar-refractivity contribution in [2.75, 3.05) is 19.8 Å². The van der Waals surface area contributed by atoms with E-state index in [1.165, 1.54) is 4.88 Å². The average molecular weight is 204 g/mol. The summed E-state index contributed by atoms with van der Waals surface area (Å²) in [6.45, 7) is 2.12. The van der Waals surface area contributed by atoms with Gasteiger partial charge >= 0.3 is 0 Å². The third-order valence-electron chi connectivity index (χ3n) is 2.24. The second kappa shape index (κ2) is 3.00. The first-order chi connectivity index (χ1) is 5.77. The number of ether oxygens (including phenoxy) is 1. The summed E-state index contributed by atoms with van der Waals surface area (Å²) in [4.78, 5) is 1.25. The lowest BCUT2D eigenvalue weighted by Crippen LogP contribution is -2.51. The van der Waals surface area contributed by atoms with E-state index in [4.69, 9.17) is 22.1 Å². The molecular formula is C8H10ClNOS. The second-order valence-electron chi connectivity index (χ2n) is 3.08. The van der Waals surface area contributed by atoms with Crippen molar-refractivity contribution in [1.82, 2.24) is 0 Å². The zero-order chi connectivity index (χ0) is 8.60. The molecule has 1 fully saturated rings. The molecule has 0 radical (unpaired) electrons. The van der Waals surface area contributed by atoms with Crippen LogP contribution in [0.3, 0.4) is 0 Å². The third-order valence-corrected chi connectivity index (χ3v) is 3.72. The molecule has 2 N–H and O–H groups in total. The molecule has 2 rings (SSSR count). The normalized spacial score (nSPS) is 20.5. The van der Waals surface area contributed by atoms with Crippen LogP contribution in [0.2, 0.25) is 4.34 Å². The van der Waals surface area contributed by atoms with E-state index in [-0.39, 0.29) is 5.41 Å². The highest BCUT2D eigenvalue weighted by Crippen LogP contribution is 2.37. The molecule has 0 saturated carbocycles. The highest BCUT2D eigenvalue weighted by atomic mass is 35.5. The zero-order valence-electron chi connectivity index (χ0n) is 6.55. The monoisotopic (exact) mass is 203 g/mol. The molecule has 1 aromatic heterocycles. The van der Waals surface area contributed by atoms with Gasteiger partial charge < -0.3 is 10.5 Å². The van der Waals surface area contributed by atoms with E-state index in [0.29, 0.717) is 6.54 Å². The van der Waals surface area contributed by atoms with Crippen LogP contribution < -0.4 is 5.73 Å². The number of hydrogen-bond donors (Lipinski definition) is 1. The van der Waals surface area contributed by atoms with Crippen LogP contribution in [0, 0.1) is 0 Å². The lowest BCUT2D eigenvalue weighted by atomic mass is 9.84. The lowest BCUT2D eigenvalue weighted by Gasteiger charge is -2.39. The smallest absolute Gasteiger partial charge is 0.0931 e. The van der Waals surface area contributed by atoms with Crippen molar-refractivity contribution in [2.24, 2.45) is 5.73 Å². The molecule has 0 amide bonds. The summed E-state index contributed by atoms with van der Waals surface area (Å²) in [6, 6.07) is 3.96. The number of nitrogens with two attached hydrogens (primary N) is 1. The molecule has 66 valence electrons. The zero-order valence-corrected chi connectivity index (χ0v) is 8.12. The van der Waals surface area contributed by atoms with Gasteiger partial charge in [-0.1, -0.05) is 11.6 Å². The maximum absolute atomic E-state index is 5.84. The van der Waals surface area contributed by atoms with E-state index < -0.39 is 0 Å². The van der Waals surface area contributed by atoms with E-state index in [1.807, 2.05) is 12.1 Å². The largest absolute Gasteiger partial charge is 0.379 e. The predicted molar refractivity (Wildman–Crippen MR) is 50.9 cm³/mol. The minimum atomic E-state index is 0.0673. The Hall–Kier alpha value is -0.0900. The SMILES string of the molecule is NCC1(c2ccc(Cl)s2)COC1. The Labute approximate surface area is 80.3 Å². The van der Waals surface area contributed by atoms with Crippen LogP contribution in [0.1, 0.15) is 4.88 Å². The van der Waals surface area contributed by atoms with Gasteiger partial charge in [0, 0.05) is 11.4 Å². The summed E-state index contributed by atoms with van der Waals surface area (Å²) < 4.78 is 6.00. The molecule has 1 saturated heterocycles. The Kier molecular flexibility index (Phi) is 2.12. The van der Waals surface area contributed by atoms with Gasteiger partial charge in [-0.3, -0.25) is 0 Å². The van der Waals surface area contributed by atoms with Crippen LogP contribution in [-0.2, 0) is 10.2 Å². The van der Waals surface area contributed by atoms with E-state index >= 15 is 0 Å². The Morgan fingerprint density at radius 1 is 1.58 bits per heavy atom. The van der Waals surface area contributed by atoms with Gasteiger partial charge in [0.15, 0.2) is 0 Å². The fourth-order valence-electron chi connectivity index (χ4n) is 1.31. The van der Waals surface area contributed by atoms with Gasteiger partial charge in [0.05, 0.1) is 23.0 Å². The van der Waals surface area contributed by atoms with Gasteiger partial charge in [-0.25, -0.2) is 0 Å². The summed E-state index contributed by atoms with van der Waals surface area (Å²) >= 11 is 7.44. The van der Waals surface area contributed by atoms with E-state index in [2.05, 4.69) is 0 Å². The molecule has 2 nitrogen and oxygen atoms in total. The topological polar surface area (TPSA) is 35.2 Å². The Morgan fingerprint density at radius 3 is 2.67 bits per heavy atom. The molecule has 1 aliphatic heterocycles. The first kappa shape index (κ1) is 8.51. The molecular weight excluding hydrogens is 194 g/mol. The molecule has 0 spiro atoms. The maximum Gasteiger partial charge on any atom is 0.0931 e. The molecule has 12 heavy (non-hydrogen) atoms. The molecule has 0 unspecified atom stereocenters. The molecule has 4 heteroatoms. The van der Waals surface area contributed by atoms with Crippen molar-refractivity contribution in [3.05, 3.63) is 21.3 Å². The van der Waals surface area contributed by atoms with Crippen LogP contribution in [-0.4, -0.2) is 19.8 Å². The number of thiophene rings is 1. The van der Waals surface area contributed by atoms with Crippen molar-refractivity contribution < 1.29 is 4.74 Å². The van der Waals surface area contributed by atoms with Gasteiger partial charge in [0.1, 0.15) is 0 Å². The van der Waals surface area contributed by atoms with Crippen molar-refractivity contribution >= 4 is 22.9 Å². The molecule has 2 heterocycles. The van der Waals surface area contributed by atoms with Gasteiger partial charge in [-0.15, -0.1) is 11.3 Å². The minimum Gasteiger partial charge on any atom is -0.379 e. The summed E-state index contributed by atoms with van der Waals surface area (Å²) in [5.74, 6) is 0. The molecule has 0 aromatic carbocycles. The molecule has 0 aliphatic carbocycles. The van der Waals surface area contributed by atoms with E-state index in [1.54, 1.807) is 11.3 Å². The molecule has 1 aromatic rings. The Balaban J connectivity index is 2.27. The summed E-state index contributed by atoms with van der Waals surface area (Å²) in [7, 11) is 0. The molecule has 0 atom stereocenters. The number of rotatable bonds is 2. The van der Waals surface area contributed by atoms with Crippen molar-refractivity contribution in [2.45, 2.75) is 5.41 Å². The summed E-state index contributed by atoms with van der Waals surface area (Å²) in [6.07, 6.45) is 0. The van der Waals surface area contributed by atoms with Crippen LogP contribution in [0.5, 0.6) is 0 Å². The predicted octanol–water partition coefficient (Wildman–Crippen LogP) is 1.63. The van der Waals surface area contributed by atoms with E-state index in [0.717, 1.165) is 17.6 Å². The van der Waals surface area contributed by atoms with Crippen molar-refractivity contribution in [1.29, 1.82) is 0 Å².